The minimum absolute atomic E-state index is 0.235. The lowest BCUT2D eigenvalue weighted by Gasteiger charge is -2.11. The number of pyridine rings is 1. The van der Waals surface area contributed by atoms with Crippen LogP contribution in [-0.4, -0.2) is 35.2 Å². The van der Waals surface area contributed by atoms with Crippen LogP contribution in [0.5, 0.6) is 0 Å². The summed E-state index contributed by atoms with van der Waals surface area (Å²) in [4.78, 5) is 28.5. The summed E-state index contributed by atoms with van der Waals surface area (Å²) in [5.41, 5.74) is 2.58. The van der Waals surface area contributed by atoms with Gasteiger partial charge in [-0.1, -0.05) is 11.6 Å². The Bertz CT molecular complexity index is 1020. The van der Waals surface area contributed by atoms with Gasteiger partial charge in [-0.25, -0.2) is 14.6 Å². The first-order chi connectivity index (χ1) is 13.5. The van der Waals surface area contributed by atoms with E-state index >= 15 is 0 Å². The van der Waals surface area contributed by atoms with E-state index in [4.69, 9.17) is 16.3 Å². The number of hydrogen-bond donors (Lipinski definition) is 2. The third-order valence-corrected chi connectivity index (χ3v) is 4.61. The van der Waals surface area contributed by atoms with E-state index in [-0.39, 0.29) is 5.56 Å². The summed E-state index contributed by atoms with van der Waals surface area (Å²) in [6.45, 7) is 3.32. The fourth-order valence-electron chi connectivity index (χ4n) is 3.02. The second kappa shape index (κ2) is 8.75. The summed E-state index contributed by atoms with van der Waals surface area (Å²) >= 11 is 5.97. The molecule has 28 heavy (non-hydrogen) atoms. The maximum absolute atomic E-state index is 12.3. The molecule has 1 aromatic carbocycles. The third-order valence-electron chi connectivity index (χ3n) is 4.37. The first-order valence-corrected chi connectivity index (χ1v) is 9.26. The molecule has 2 amide bonds. The number of carbonyl (C=O) groups excluding carboxylic acids is 2. The van der Waals surface area contributed by atoms with Crippen LogP contribution in [0.3, 0.4) is 0 Å². The molecule has 3 aromatic rings. The Hall–Kier alpha value is -3.06. The SMILES string of the molecule is CCn1cc(CCNC(=O)Nc2cc(Cl)ccc2C(=O)OC)c2cccnc21. The zero-order valence-electron chi connectivity index (χ0n) is 15.7. The molecule has 3 rings (SSSR count). The highest BCUT2D eigenvalue weighted by molar-refractivity contribution is 6.31. The lowest BCUT2D eigenvalue weighted by atomic mass is 10.1. The second-order valence-corrected chi connectivity index (χ2v) is 6.56. The molecule has 0 aliphatic rings. The van der Waals surface area contributed by atoms with E-state index < -0.39 is 12.0 Å². The van der Waals surface area contributed by atoms with Crippen molar-refractivity contribution in [3.8, 4) is 0 Å². The molecule has 7 nitrogen and oxygen atoms in total. The molecule has 146 valence electrons. The molecule has 2 N–H and O–H groups in total. The number of urea groups is 1. The number of fused-ring (bicyclic) bond motifs is 1. The Morgan fingerprint density at radius 2 is 2.11 bits per heavy atom. The van der Waals surface area contributed by atoms with Crippen LogP contribution in [0.25, 0.3) is 11.0 Å². The van der Waals surface area contributed by atoms with Gasteiger partial charge in [0, 0.05) is 35.9 Å². The van der Waals surface area contributed by atoms with Crippen molar-refractivity contribution in [3.05, 3.63) is 58.9 Å². The van der Waals surface area contributed by atoms with Crippen LogP contribution in [0.15, 0.2) is 42.7 Å². The molecule has 0 unspecified atom stereocenters. The van der Waals surface area contributed by atoms with Gasteiger partial charge in [-0.15, -0.1) is 0 Å². The van der Waals surface area contributed by atoms with Crippen LogP contribution in [0, 0.1) is 0 Å². The van der Waals surface area contributed by atoms with Crippen molar-refractivity contribution < 1.29 is 14.3 Å². The molecule has 0 saturated heterocycles. The van der Waals surface area contributed by atoms with E-state index in [1.165, 1.54) is 19.2 Å². The van der Waals surface area contributed by atoms with Crippen molar-refractivity contribution in [1.82, 2.24) is 14.9 Å². The summed E-state index contributed by atoms with van der Waals surface area (Å²) in [6.07, 6.45) is 4.49. The molecule has 0 saturated carbocycles. The third kappa shape index (κ3) is 4.26. The normalized spacial score (nSPS) is 10.7. The summed E-state index contributed by atoms with van der Waals surface area (Å²) in [6, 6.07) is 8.08. The quantitative estimate of drug-likeness (QED) is 0.615. The van der Waals surface area contributed by atoms with Gasteiger partial charge in [0.05, 0.1) is 18.4 Å². The Morgan fingerprint density at radius 3 is 2.86 bits per heavy atom. The van der Waals surface area contributed by atoms with Gasteiger partial charge in [-0.05, 0) is 49.2 Å². The number of amides is 2. The predicted molar refractivity (Wildman–Crippen MR) is 109 cm³/mol. The molecule has 0 radical (unpaired) electrons. The van der Waals surface area contributed by atoms with Gasteiger partial charge in [0.15, 0.2) is 0 Å². The Morgan fingerprint density at radius 1 is 1.29 bits per heavy atom. The monoisotopic (exact) mass is 400 g/mol. The zero-order chi connectivity index (χ0) is 20.1. The number of nitrogens with zero attached hydrogens (tertiary/aromatic N) is 2. The number of methoxy groups -OCH3 is 1. The predicted octanol–water partition coefficient (Wildman–Crippen LogP) is 3.86. The van der Waals surface area contributed by atoms with Crippen LogP contribution in [0.2, 0.25) is 5.02 Å². The van der Waals surface area contributed by atoms with Crippen molar-refractivity contribution in [1.29, 1.82) is 0 Å². The minimum Gasteiger partial charge on any atom is -0.465 e. The van der Waals surface area contributed by atoms with Crippen LogP contribution in [-0.2, 0) is 17.7 Å². The molecule has 0 aliphatic carbocycles. The molecule has 0 atom stereocenters. The minimum atomic E-state index is -0.549. The summed E-state index contributed by atoms with van der Waals surface area (Å²) in [7, 11) is 1.28. The molecule has 8 heteroatoms. The van der Waals surface area contributed by atoms with Crippen LogP contribution in [0.1, 0.15) is 22.8 Å². The molecule has 2 aromatic heterocycles. The summed E-state index contributed by atoms with van der Waals surface area (Å²) < 4.78 is 6.81. The zero-order valence-corrected chi connectivity index (χ0v) is 16.4. The van der Waals surface area contributed by atoms with Gasteiger partial charge >= 0.3 is 12.0 Å². The van der Waals surface area contributed by atoms with Crippen molar-refractivity contribution in [3.63, 3.8) is 0 Å². The summed E-state index contributed by atoms with van der Waals surface area (Å²) in [5, 5.41) is 6.94. The number of nitrogens with one attached hydrogen (secondary N) is 2. The van der Waals surface area contributed by atoms with Crippen LogP contribution >= 0.6 is 11.6 Å². The summed E-state index contributed by atoms with van der Waals surface area (Å²) in [5.74, 6) is -0.549. The van der Waals surface area contributed by atoms with Gasteiger partial charge in [0.1, 0.15) is 5.65 Å². The maximum Gasteiger partial charge on any atom is 0.339 e. The van der Waals surface area contributed by atoms with Crippen molar-refractivity contribution in [2.45, 2.75) is 19.9 Å². The fourth-order valence-corrected chi connectivity index (χ4v) is 3.19. The number of rotatable bonds is 6. The average molecular weight is 401 g/mol. The fraction of sp³-hybridized carbons (Fsp3) is 0.250. The number of aryl methyl sites for hydroxylation is 1. The van der Waals surface area contributed by atoms with Gasteiger partial charge < -0.3 is 19.9 Å². The first kappa shape index (κ1) is 19.7. The van der Waals surface area contributed by atoms with Gasteiger partial charge in [0.25, 0.3) is 0 Å². The highest BCUT2D eigenvalue weighted by atomic mass is 35.5. The Kier molecular flexibility index (Phi) is 6.16. The largest absolute Gasteiger partial charge is 0.465 e. The van der Waals surface area contributed by atoms with Crippen molar-refractivity contribution in [2.75, 3.05) is 19.0 Å². The number of aromatic nitrogens is 2. The van der Waals surface area contributed by atoms with E-state index in [0.717, 1.165) is 23.1 Å². The first-order valence-electron chi connectivity index (χ1n) is 8.89. The van der Waals surface area contributed by atoms with Crippen LogP contribution in [0.4, 0.5) is 10.5 Å². The molecule has 0 spiro atoms. The van der Waals surface area contributed by atoms with E-state index in [0.29, 0.717) is 23.7 Å². The number of halogens is 1. The molecule has 0 bridgehead atoms. The Balaban J connectivity index is 1.65. The standard InChI is InChI=1S/C20H21ClN4O3/c1-3-25-12-13(15-5-4-9-22-18(15)25)8-10-23-20(27)24-17-11-14(21)6-7-16(17)19(26)28-2/h4-7,9,11-12H,3,8,10H2,1-2H3,(H2,23,24,27). The van der Waals surface area contributed by atoms with Crippen LogP contribution < -0.4 is 10.6 Å². The van der Waals surface area contributed by atoms with E-state index in [9.17, 15) is 9.59 Å². The highest BCUT2D eigenvalue weighted by Gasteiger charge is 2.15. The van der Waals surface area contributed by atoms with Crippen molar-refractivity contribution in [2.24, 2.45) is 0 Å². The molecule has 0 aliphatic heterocycles. The number of carbonyl (C=O) groups is 2. The lowest BCUT2D eigenvalue weighted by Crippen LogP contribution is -2.31. The van der Waals surface area contributed by atoms with Crippen molar-refractivity contribution >= 4 is 40.3 Å². The average Bonchev–Trinajstić information content (AvgIpc) is 3.05. The van der Waals surface area contributed by atoms with Gasteiger partial charge in [-0.3, -0.25) is 0 Å². The van der Waals surface area contributed by atoms with Gasteiger partial charge in [0.2, 0.25) is 0 Å². The molecule has 2 heterocycles. The molecular formula is C20H21ClN4O3. The number of esters is 1. The molecule has 0 fully saturated rings. The van der Waals surface area contributed by atoms with E-state index in [1.54, 1.807) is 12.3 Å². The number of anilines is 1. The number of benzene rings is 1. The second-order valence-electron chi connectivity index (χ2n) is 6.13. The highest BCUT2D eigenvalue weighted by Crippen LogP contribution is 2.22. The van der Waals surface area contributed by atoms with Gasteiger partial charge in [-0.2, -0.15) is 0 Å². The van der Waals surface area contributed by atoms with E-state index in [2.05, 4.69) is 33.3 Å². The number of hydrogen-bond acceptors (Lipinski definition) is 4. The maximum atomic E-state index is 12.3. The van der Waals surface area contributed by atoms with E-state index in [1.807, 2.05) is 12.1 Å². The topological polar surface area (TPSA) is 85.2 Å². The number of ether oxygens (including phenoxy) is 1. The smallest absolute Gasteiger partial charge is 0.339 e. The lowest BCUT2D eigenvalue weighted by molar-refractivity contribution is 0.0602. The Labute approximate surface area is 167 Å². The molecular weight excluding hydrogens is 380 g/mol.